The summed E-state index contributed by atoms with van der Waals surface area (Å²) in [5, 5.41) is 2.91. The highest BCUT2D eigenvalue weighted by atomic mass is 19.4. The fourth-order valence-corrected chi connectivity index (χ4v) is 1.81. The van der Waals surface area contributed by atoms with Crippen LogP contribution >= 0.6 is 0 Å². The van der Waals surface area contributed by atoms with E-state index in [0.717, 1.165) is 12.1 Å². The van der Waals surface area contributed by atoms with Crippen molar-refractivity contribution in [1.82, 2.24) is 9.97 Å². The van der Waals surface area contributed by atoms with Gasteiger partial charge in [0.1, 0.15) is 0 Å². The molecule has 5 nitrogen and oxygen atoms in total. The second-order valence-electron chi connectivity index (χ2n) is 4.27. The summed E-state index contributed by atoms with van der Waals surface area (Å²) >= 11 is 0. The molecule has 2 rings (SSSR count). The summed E-state index contributed by atoms with van der Waals surface area (Å²) in [5.74, 6) is 0. The molecule has 2 aromatic rings. The van der Waals surface area contributed by atoms with Gasteiger partial charge in [-0.2, -0.15) is 18.2 Å². The second-order valence-corrected chi connectivity index (χ2v) is 4.27. The zero-order chi connectivity index (χ0) is 15.5. The van der Waals surface area contributed by atoms with Gasteiger partial charge in [-0.1, -0.05) is 12.1 Å². The first-order valence-corrected chi connectivity index (χ1v) is 6.12. The van der Waals surface area contributed by atoms with Crippen LogP contribution in [0.25, 0.3) is 11.3 Å². The summed E-state index contributed by atoms with van der Waals surface area (Å²) in [5.41, 5.74) is 4.85. The molecule has 0 atom stereocenters. The van der Waals surface area contributed by atoms with Crippen molar-refractivity contribution in [2.24, 2.45) is 5.73 Å². The van der Waals surface area contributed by atoms with Crippen molar-refractivity contribution in [3.63, 3.8) is 0 Å². The van der Waals surface area contributed by atoms with Gasteiger partial charge in [0.2, 0.25) is 0 Å². The maximum absolute atomic E-state index is 12.7. The zero-order valence-electron chi connectivity index (χ0n) is 10.9. The minimum atomic E-state index is -4.45. The normalized spacial score (nSPS) is 11.4. The average molecular weight is 298 g/mol. The van der Waals surface area contributed by atoms with Crippen molar-refractivity contribution < 1.29 is 13.2 Å². The number of halogens is 3. The Balaban J connectivity index is 2.50. The van der Waals surface area contributed by atoms with Crippen molar-refractivity contribution in [2.45, 2.75) is 6.18 Å². The predicted molar refractivity (Wildman–Crippen MR) is 72.8 cm³/mol. The standard InChI is InChI=1S/C13H13F3N4O/c14-13(15,16)9-3-1-2-8(6-9)11-10(18-5-4-17)7-19-12(21)20-11/h1-3,6-7,18H,4-5,17H2,(H,19,20,21). The summed E-state index contributed by atoms with van der Waals surface area (Å²) in [7, 11) is 0. The van der Waals surface area contributed by atoms with Crippen LogP contribution in [0.5, 0.6) is 0 Å². The summed E-state index contributed by atoms with van der Waals surface area (Å²) < 4.78 is 38.2. The Labute approximate surface area is 118 Å². The van der Waals surface area contributed by atoms with Crippen LogP contribution in [0.2, 0.25) is 0 Å². The van der Waals surface area contributed by atoms with E-state index >= 15 is 0 Å². The molecule has 0 saturated carbocycles. The number of nitrogens with two attached hydrogens (primary N) is 1. The van der Waals surface area contributed by atoms with Gasteiger partial charge >= 0.3 is 11.9 Å². The lowest BCUT2D eigenvalue weighted by Gasteiger charge is -2.12. The van der Waals surface area contributed by atoms with E-state index in [4.69, 9.17) is 5.73 Å². The third-order valence-corrected chi connectivity index (χ3v) is 2.75. The maximum Gasteiger partial charge on any atom is 0.416 e. The van der Waals surface area contributed by atoms with Gasteiger partial charge in [-0.25, -0.2) is 4.79 Å². The summed E-state index contributed by atoms with van der Waals surface area (Å²) in [6.07, 6.45) is -3.18. The number of benzene rings is 1. The molecular formula is C13H13F3N4O. The van der Waals surface area contributed by atoms with Crippen LogP contribution in [0.15, 0.2) is 35.3 Å². The van der Waals surface area contributed by atoms with Gasteiger partial charge in [-0.05, 0) is 12.1 Å². The molecule has 0 fully saturated rings. The second kappa shape index (κ2) is 5.96. The lowest BCUT2D eigenvalue weighted by atomic mass is 10.1. The van der Waals surface area contributed by atoms with Gasteiger partial charge in [0, 0.05) is 18.7 Å². The molecule has 0 saturated heterocycles. The van der Waals surface area contributed by atoms with Crippen LogP contribution < -0.4 is 16.7 Å². The number of aromatic amines is 1. The van der Waals surface area contributed by atoms with Crippen molar-refractivity contribution >= 4 is 5.69 Å². The Morgan fingerprint density at radius 2 is 2.10 bits per heavy atom. The highest BCUT2D eigenvalue weighted by Gasteiger charge is 2.30. The van der Waals surface area contributed by atoms with E-state index in [0.29, 0.717) is 18.8 Å². The molecule has 4 N–H and O–H groups in total. The maximum atomic E-state index is 12.7. The van der Waals surface area contributed by atoms with Crippen LogP contribution in [-0.4, -0.2) is 23.1 Å². The molecule has 0 spiro atoms. The van der Waals surface area contributed by atoms with E-state index in [2.05, 4.69) is 15.3 Å². The summed E-state index contributed by atoms with van der Waals surface area (Å²) in [4.78, 5) is 17.3. The van der Waals surface area contributed by atoms with Gasteiger partial charge in [0.15, 0.2) is 0 Å². The lowest BCUT2D eigenvalue weighted by molar-refractivity contribution is -0.137. The predicted octanol–water partition coefficient (Wildman–Crippen LogP) is 1.83. The minimum Gasteiger partial charge on any atom is -0.381 e. The molecule has 1 aromatic carbocycles. The monoisotopic (exact) mass is 298 g/mol. The number of anilines is 1. The molecule has 0 aliphatic heterocycles. The molecule has 0 bridgehead atoms. The number of alkyl halides is 3. The van der Waals surface area contributed by atoms with Crippen molar-refractivity contribution in [2.75, 3.05) is 18.4 Å². The Bertz CT molecular complexity index is 682. The molecule has 0 aliphatic rings. The first-order valence-electron chi connectivity index (χ1n) is 6.12. The van der Waals surface area contributed by atoms with Crippen LogP contribution in [0.1, 0.15) is 5.56 Å². The number of aromatic nitrogens is 2. The molecule has 0 radical (unpaired) electrons. The minimum absolute atomic E-state index is 0.240. The Hall–Kier alpha value is -2.35. The van der Waals surface area contributed by atoms with E-state index in [9.17, 15) is 18.0 Å². The highest BCUT2D eigenvalue weighted by molar-refractivity contribution is 5.73. The molecule has 0 amide bonds. The number of H-pyrrole nitrogens is 1. The van der Waals surface area contributed by atoms with Gasteiger partial charge in [-0.15, -0.1) is 0 Å². The quantitative estimate of drug-likeness (QED) is 0.804. The first-order chi connectivity index (χ1) is 9.91. The molecule has 112 valence electrons. The Kier molecular flexibility index (Phi) is 4.27. The molecular weight excluding hydrogens is 285 g/mol. The summed E-state index contributed by atoms with van der Waals surface area (Å²) in [6, 6.07) is 4.70. The zero-order valence-corrected chi connectivity index (χ0v) is 10.9. The average Bonchev–Trinajstić information content (AvgIpc) is 2.45. The van der Waals surface area contributed by atoms with Gasteiger partial charge in [0.05, 0.1) is 23.1 Å². The molecule has 0 aliphatic carbocycles. The van der Waals surface area contributed by atoms with Gasteiger partial charge in [-0.3, -0.25) is 0 Å². The van der Waals surface area contributed by atoms with Crippen LogP contribution in [0.4, 0.5) is 18.9 Å². The number of nitrogens with zero attached hydrogens (tertiary/aromatic N) is 1. The smallest absolute Gasteiger partial charge is 0.381 e. The van der Waals surface area contributed by atoms with Crippen LogP contribution in [0, 0.1) is 0 Å². The number of hydrogen-bond donors (Lipinski definition) is 3. The molecule has 1 aromatic heterocycles. The Morgan fingerprint density at radius 1 is 1.33 bits per heavy atom. The SMILES string of the molecule is NCCNc1cnc(=O)[nH]c1-c1cccc(C(F)(F)F)c1. The van der Waals surface area contributed by atoms with Crippen molar-refractivity contribution in [3.8, 4) is 11.3 Å². The fraction of sp³-hybridized carbons (Fsp3) is 0.231. The van der Waals surface area contributed by atoms with Crippen LogP contribution in [0.3, 0.4) is 0 Å². The third kappa shape index (κ3) is 3.60. The molecule has 1 heterocycles. The topological polar surface area (TPSA) is 83.8 Å². The molecule has 0 unspecified atom stereocenters. The molecule has 8 heteroatoms. The van der Waals surface area contributed by atoms with Crippen LogP contribution in [-0.2, 0) is 6.18 Å². The lowest BCUT2D eigenvalue weighted by Crippen LogP contribution is -2.17. The van der Waals surface area contributed by atoms with Gasteiger partial charge in [0.25, 0.3) is 0 Å². The van der Waals surface area contributed by atoms with E-state index in [1.54, 1.807) is 0 Å². The number of rotatable bonds is 4. The fourth-order valence-electron chi connectivity index (χ4n) is 1.81. The first kappa shape index (κ1) is 15.0. The van der Waals surface area contributed by atoms with Gasteiger partial charge < -0.3 is 16.0 Å². The van der Waals surface area contributed by atoms with E-state index in [1.165, 1.54) is 18.3 Å². The van der Waals surface area contributed by atoms with Crippen molar-refractivity contribution in [3.05, 3.63) is 46.5 Å². The van der Waals surface area contributed by atoms with E-state index < -0.39 is 17.4 Å². The van der Waals surface area contributed by atoms with Crippen molar-refractivity contribution in [1.29, 1.82) is 0 Å². The number of nitrogens with one attached hydrogen (secondary N) is 2. The number of hydrogen-bond acceptors (Lipinski definition) is 4. The highest BCUT2D eigenvalue weighted by Crippen LogP contribution is 2.33. The third-order valence-electron chi connectivity index (χ3n) is 2.75. The van der Waals surface area contributed by atoms with E-state index in [1.807, 2.05) is 0 Å². The Morgan fingerprint density at radius 3 is 2.76 bits per heavy atom. The largest absolute Gasteiger partial charge is 0.416 e. The van der Waals surface area contributed by atoms with E-state index in [-0.39, 0.29) is 11.3 Å². The summed E-state index contributed by atoms with van der Waals surface area (Å²) in [6.45, 7) is 0.737. The molecule has 21 heavy (non-hydrogen) atoms.